The molecule has 2 N–H and O–H groups in total. The molecule has 0 saturated carbocycles. The summed E-state index contributed by atoms with van der Waals surface area (Å²) in [6.45, 7) is 3.06. The Hall–Kier alpha value is -3.14. The number of likely N-dealkylation sites (N-methyl/N-ethyl adjacent to an activating group) is 1. The second-order valence-corrected chi connectivity index (χ2v) is 10.8. The van der Waals surface area contributed by atoms with E-state index in [2.05, 4.69) is 17.0 Å². The molecule has 0 aromatic heterocycles. The van der Waals surface area contributed by atoms with Gasteiger partial charge in [0.1, 0.15) is 6.04 Å². The van der Waals surface area contributed by atoms with Crippen LogP contribution >= 0.6 is 0 Å². The van der Waals surface area contributed by atoms with Crippen molar-refractivity contribution in [1.82, 2.24) is 9.80 Å². The summed E-state index contributed by atoms with van der Waals surface area (Å²) in [5.74, 6) is 1.22. The number of carbonyl (C=O) groups excluding carboxylic acids is 1. The van der Waals surface area contributed by atoms with E-state index in [-0.39, 0.29) is 49.0 Å². The van der Waals surface area contributed by atoms with E-state index in [1.807, 2.05) is 18.9 Å². The first-order valence-corrected chi connectivity index (χ1v) is 13.0. The van der Waals surface area contributed by atoms with Gasteiger partial charge in [-0.3, -0.25) is 14.6 Å². The number of rotatable bonds is 5. The fourth-order valence-electron chi connectivity index (χ4n) is 7.55. The van der Waals surface area contributed by atoms with Gasteiger partial charge in [-0.05, 0) is 38.4 Å². The molecule has 208 valence electrons. The molecule has 0 amide bonds. The van der Waals surface area contributed by atoms with E-state index in [4.69, 9.17) is 23.7 Å². The van der Waals surface area contributed by atoms with Crippen LogP contribution in [-0.2, 0) is 25.4 Å². The quantitative estimate of drug-likeness (QED) is 0.521. The average Bonchev–Trinajstić information content (AvgIpc) is 3.40. The number of piperazine rings is 1. The molecular formula is C28H33N3O8. The van der Waals surface area contributed by atoms with Crippen molar-refractivity contribution in [2.45, 2.75) is 62.5 Å². The standard InChI is InChI=1S/C28H33N3O8/c1-13-6-15-7-16-18(9-29)31-17(22(30(16)3)20(15)25(23(13)36-5)37-11-35-4)8-28(34)21(19(31)10-32)26-24(38-12-39-26)14(2)27(28)33/h6,16-19,22,32,34H,7-8,10-12H2,1-5H3/t16-,17?,18+,19+,22-,28-/m1/s1. The predicted octanol–water partition coefficient (Wildman–Crippen LogP) is 1.07. The van der Waals surface area contributed by atoms with Crippen molar-refractivity contribution in [3.05, 3.63) is 45.4 Å². The molecule has 11 heteroatoms. The largest absolute Gasteiger partial charge is 0.493 e. The first-order valence-electron chi connectivity index (χ1n) is 13.0. The van der Waals surface area contributed by atoms with Crippen LogP contribution in [0.25, 0.3) is 0 Å². The molecule has 4 heterocycles. The highest BCUT2D eigenvalue weighted by molar-refractivity contribution is 6.06. The highest BCUT2D eigenvalue weighted by Crippen LogP contribution is 2.56. The SMILES string of the molecule is COCOc1c(OC)c(C)cc2c1[C@H]1C3C[C@]4(O)C(=O)C(C)=C5OCOC5=C4[C@H](CO)N3[C@@H](C#N)[C@@H](C2)N1C. The zero-order chi connectivity index (χ0) is 27.8. The van der Waals surface area contributed by atoms with Gasteiger partial charge in [-0.25, -0.2) is 0 Å². The van der Waals surface area contributed by atoms with E-state index in [1.54, 1.807) is 21.1 Å². The van der Waals surface area contributed by atoms with Crippen LogP contribution in [0.3, 0.4) is 0 Å². The molecule has 3 saturated heterocycles. The summed E-state index contributed by atoms with van der Waals surface area (Å²) in [4.78, 5) is 17.9. The van der Waals surface area contributed by atoms with Crippen LogP contribution in [0.4, 0.5) is 0 Å². The molecule has 1 aliphatic carbocycles. The van der Waals surface area contributed by atoms with E-state index in [9.17, 15) is 20.3 Å². The van der Waals surface area contributed by atoms with E-state index < -0.39 is 36.1 Å². The number of aryl methyl sites for hydroxylation is 1. The number of fused-ring (bicyclic) bond motifs is 8. The molecule has 6 rings (SSSR count). The van der Waals surface area contributed by atoms with Gasteiger partial charge in [0.25, 0.3) is 0 Å². The van der Waals surface area contributed by atoms with Gasteiger partial charge < -0.3 is 33.9 Å². The van der Waals surface area contributed by atoms with E-state index in [0.29, 0.717) is 23.7 Å². The zero-order valence-corrected chi connectivity index (χ0v) is 22.7. The lowest BCUT2D eigenvalue weighted by molar-refractivity contribution is -0.150. The summed E-state index contributed by atoms with van der Waals surface area (Å²) in [5, 5.41) is 33.5. The van der Waals surface area contributed by atoms with Crippen LogP contribution in [-0.4, -0.2) is 97.0 Å². The molecule has 0 spiro atoms. The van der Waals surface area contributed by atoms with Crippen LogP contribution < -0.4 is 9.47 Å². The molecule has 2 bridgehead atoms. The minimum absolute atomic E-state index is 0.00333. The highest BCUT2D eigenvalue weighted by atomic mass is 16.7. The fraction of sp³-hybridized carbons (Fsp3) is 0.571. The van der Waals surface area contributed by atoms with Crippen LogP contribution in [0.15, 0.2) is 28.7 Å². The fourth-order valence-corrected chi connectivity index (χ4v) is 7.55. The maximum atomic E-state index is 13.7. The molecule has 1 aromatic carbocycles. The lowest BCUT2D eigenvalue weighted by Crippen LogP contribution is -2.74. The first kappa shape index (κ1) is 26.1. The minimum Gasteiger partial charge on any atom is -0.493 e. The number of nitriles is 1. The summed E-state index contributed by atoms with van der Waals surface area (Å²) in [6.07, 6.45) is 0.559. The van der Waals surface area contributed by atoms with Crippen LogP contribution in [0.1, 0.15) is 36.1 Å². The molecule has 3 fully saturated rings. The molecule has 4 aliphatic heterocycles. The first-order chi connectivity index (χ1) is 18.7. The Labute approximate surface area is 226 Å². The van der Waals surface area contributed by atoms with Gasteiger partial charge in [-0.1, -0.05) is 6.07 Å². The van der Waals surface area contributed by atoms with Crippen molar-refractivity contribution < 1.29 is 38.7 Å². The van der Waals surface area contributed by atoms with Crippen molar-refractivity contribution in [2.24, 2.45) is 0 Å². The summed E-state index contributed by atoms with van der Waals surface area (Å²) < 4.78 is 28.5. The summed E-state index contributed by atoms with van der Waals surface area (Å²) >= 11 is 0. The summed E-state index contributed by atoms with van der Waals surface area (Å²) in [6, 6.07) is 1.96. The van der Waals surface area contributed by atoms with Crippen molar-refractivity contribution in [3.8, 4) is 17.6 Å². The van der Waals surface area contributed by atoms with E-state index in [0.717, 1.165) is 16.7 Å². The van der Waals surface area contributed by atoms with Gasteiger partial charge in [-0.2, -0.15) is 5.26 Å². The molecule has 6 atom stereocenters. The third kappa shape index (κ3) is 3.36. The number of hydrogen-bond acceptors (Lipinski definition) is 11. The summed E-state index contributed by atoms with van der Waals surface area (Å²) in [5.41, 5.74) is 1.40. The molecule has 1 unspecified atom stereocenters. The normalized spacial score (nSPS) is 33.4. The smallest absolute Gasteiger partial charge is 0.231 e. The third-order valence-electron chi connectivity index (χ3n) is 9.05. The molecule has 5 aliphatic rings. The number of nitrogens with zero attached hydrogens (tertiary/aromatic N) is 3. The number of aliphatic hydroxyl groups excluding tert-OH is 1. The summed E-state index contributed by atoms with van der Waals surface area (Å²) in [7, 11) is 5.09. The molecule has 0 radical (unpaired) electrons. The minimum atomic E-state index is -1.93. The van der Waals surface area contributed by atoms with Gasteiger partial charge in [0.05, 0.1) is 31.9 Å². The van der Waals surface area contributed by atoms with Crippen molar-refractivity contribution in [3.63, 3.8) is 0 Å². The maximum absolute atomic E-state index is 13.7. The monoisotopic (exact) mass is 539 g/mol. The van der Waals surface area contributed by atoms with Crippen molar-refractivity contribution >= 4 is 5.78 Å². The Morgan fingerprint density at radius 2 is 1.95 bits per heavy atom. The number of ketones is 1. The number of ether oxygens (including phenoxy) is 5. The van der Waals surface area contributed by atoms with Gasteiger partial charge in [0.2, 0.25) is 6.79 Å². The second kappa shape index (κ2) is 9.21. The maximum Gasteiger partial charge on any atom is 0.231 e. The Bertz CT molecular complexity index is 1350. The number of aliphatic hydroxyl groups is 2. The lowest BCUT2D eigenvalue weighted by atomic mass is 9.65. The Balaban J connectivity index is 1.59. The molecule has 11 nitrogen and oxygen atoms in total. The van der Waals surface area contributed by atoms with Gasteiger partial charge in [0, 0.05) is 42.3 Å². The van der Waals surface area contributed by atoms with Gasteiger partial charge in [-0.15, -0.1) is 0 Å². The van der Waals surface area contributed by atoms with Crippen LogP contribution in [0.5, 0.6) is 11.5 Å². The predicted molar refractivity (Wildman–Crippen MR) is 135 cm³/mol. The number of methoxy groups -OCH3 is 2. The Morgan fingerprint density at radius 1 is 1.21 bits per heavy atom. The molecular weight excluding hydrogens is 506 g/mol. The number of carbonyl (C=O) groups is 1. The van der Waals surface area contributed by atoms with Gasteiger partial charge >= 0.3 is 0 Å². The van der Waals surface area contributed by atoms with Crippen LogP contribution in [0, 0.1) is 18.3 Å². The lowest BCUT2D eigenvalue weighted by Gasteiger charge is -2.62. The average molecular weight is 540 g/mol. The molecule has 39 heavy (non-hydrogen) atoms. The third-order valence-corrected chi connectivity index (χ3v) is 9.05. The number of benzene rings is 1. The van der Waals surface area contributed by atoms with Crippen molar-refractivity contribution in [2.75, 3.05) is 41.5 Å². The number of Topliss-reactive ketones (excluding diaryl/α,β-unsaturated/α-hetero) is 1. The van der Waals surface area contributed by atoms with E-state index in [1.165, 1.54) is 0 Å². The number of hydrogen-bond donors (Lipinski definition) is 2. The topological polar surface area (TPSA) is 134 Å². The highest BCUT2D eigenvalue weighted by Gasteiger charge is 2.64. The van der Waals surface area contributed by atoms with Crippen LogP contribution in [0.2, 0.25) is 0 Å². The molecule has 1 aromatic rings. The van der Waals surface area contributed by atoms with E-state index >= 15 is 0 Å². The van der Waals surface area contributed by atoms with Gasteiger partial charge in [0.15, 0.2) is 41.2 Å². The Kier molecular flexibility index (Phi) is 6.17. The Morgan fingerprint density at radius 3 is 2.62 bits per heavy atom. The number of piperidine rings is 1. The van der Waals surface area contributed by atoms with Crippen molar-refractivity contribution in [1.29, 1.82) is 5.26 Å². The second-order valence-electron chi connectivity index (χ2n) is 10.8. The zero-order valence-electron chi connectivity index (χ0n) is 22.7.